The van der Waals surface area contributed by atoms with Crippen LogP contribution in [0.2, 0.25) is 5.02 Å². The quantitative estimate of drug-likeness (QED) is 0.439. The summed E-state index contributed by atoms with van der Waals surface area (Å²) >= 11 is 6.31. The molecule has 1 amide bonds. The van der Waals surface area contributed by atoms with Gasteiger partial charge in [0.15, 0.2) is 11.6 Å². The van der Waals surface area contributed by atoms with Crippen molar-refractivity contribution in [1.29, 1.82) is 0 Å². The SMILES string of the molecule is O=C(O)Nc1ccc(-c2ccc3c(cnn3-c3ccc(F)c(O)c3)c2)c(Cl)c1. The van der Waals surface area contributed by atoms with Crippen LogP contribution in [0.4, 0.5) is 14.9 Å². The lowest BCUT2D eigenvalue weighted by Gasteiger charge is -2.09. The number of hydrogen-bond donors (Lipinski definition) is 3. The van der Waals surface area contributed by atoms with E-state index < -0.39 is 17.7 Å². The molecule has 0 radical (unpaired) electrons. The summed E-state index contributed by atoms with van der Waals surface area (Å²) in [6.07, 6.45) is 0.498. The third-order valence-corrected chi connectivity index (χ3v) is 4.59. The van der Waals surface area contributed by atoms with Gasteiger partial charge in [0.1, 0.15) is 0 Å². The van der Waals surface area contributed by atoms with Crippen LogP contribution in [0.25, 0.3) is 27.7 Å². The first-order valence-corrected chi connectivity index (χ1v) is 8.57. The first-order chi connectivity index (χ1) is 13.4. The Labute approximate surface area is 163 Å². The van der Waals surface area contributed by atoms with E-state index in [4.69, 9.17) is 16.7 Å². The standard InChI is InChI=1S/C20H13ClFN3O3/c21-16-8-13(24-20(27)28)2-4-15(16)11-1-6-18-12(7-11)10-23-25(18)14-3-5-17(22)19(26)9-14/h1-10,24,26H,(H,27,28). The van der Waals surface area contributed by atoms with E-state index in [1.165, 1.54) is 18.2 Å². The van der Waals surface area contributed by atoms with Crippen LogP contribution in [0, 0.1) is 5.82 Å². The molecule has 0 atom stereocenters. The highest BCUT2D eigenvalue weighted by atomic mass is 35.5. The summed E-state index contributed by atoms with van der Waals surface area (Å²) in [5, 5.41) is 26.2. The van der Waals surface area contributed by atoms with Gasteiger partial charge in [-0.1, -0.05) is 23.7 Å². The number of rotatable bonds is 3. The van der Waals surface area contributed by atoms with Crippen LogP contribution in [-0.4, -0.2) is 26.1 Å². The van der Waals surface area contributed by atoms with Crippen molar-refractivity contribution in [3.63, 3.8) is 0 Å². The Kier molecular flexibility index (Phi) is 4.37. The highest BCUT2D eigenvalue weighted by Gasteiger charge is 2.11. The second kappa shape index (κ2) is 6.86. The highest BCUT2D eigenvalue weighted by molar-refractivity contribution is 6.33. The molecule has 0 spiro atoms. The number of fused-ring (bicyclic) bond motifs is 1. The molecule has 8 heteroatoms. The second-order valence-electron chi connectivity index (χ2n) is 6.09. The van der Waals surface area contributed by atoms with Gasteiger partial charge in [-0.15, -0.1) is 0 Å². The maximum Gasteiger partial charge on any atom is 0.409 e. The van der Waals surface area contributed by atoms with Crippen molar-refractivity contribution in [2.75, 3.05) is 5.32 Å². The maximum absolute atomic E-state index is 13.3. The van der Waals surface area contributed by atoms with E-state index in [0.29, 0.717) is 16.4 Å². The fraction of sp³-hybridized carbons (Fsp3) is 0. The molecular formula is C20H13ClFN3O3. The number of phenolic OH excluding ortho intramolecular Hbond substituents is 1. The van der Waals surface area contributed by atoms with Gasteiger partial charge in [0.2, 0.25) is 0 Å². The van der Waals surface area contributed by atoms with E-state index in [-0.39, 0.29) is 0 Å². The molecule has 6 nitrogen and oxygen atoms in total. The summed E-state index contributed by atoms with van der Waals surface area (Å²) in [6.45, 7) is 0. The van der Waals surface area contributed by atoms with Gasteiger partial charge in [0, 0.05) is 22.7 Å². The first kappa shape index (κ1) is 17.8. The zero-order valence-corrected chi connectivity index (χ0v) is 15.0. The van der Waals surface area contributed by atoms with Gasteiger partial charge in [0.25, 0.3) is 0 Å². The van der Waals surface area contributed by atoms with E-state index in [9.17, 15) is 14.3 Å². The molecule has 3 N–H and O–H groups in total. The molecule has 0 aliphatic carbocycles. The van der Waals surface area contributed by atoms with Crippen molar-refractivity contribution in [3.8, 4) is 22.6 Å². The zero-order valence-electron chi connectivity index (χ0n) is 14.2. The van der Waals surface area contributed by atoms with Crippen LogP contribution in [0.5, 0.6) is 5.75 Å². The van der Waals surface area contributed by atoms with Gasteiger partial charge in [-0.05, 0) is 42.0 Å². The third kappa shape index (κ3) is 3.23. The van der Waals surface area contributed by atoms with Gasteiger partial charge >= 0.3 is 6.09 Å². The molecule has 1 heterocycles. The predicted octanol–water partition coefficient (Wildman–Crippen LogP) is 5.28. The van der Waals surface area contributed by atoms with Gasteiger partial charge < -0.3 is 10.2 Å². The predicted molar refractivity (Wildman–Crippen MR) is 105 cm³/mol. The second-order valence-corrected chi connectivity index (χ2v) is 6.50. The molecule has 140 valence electrons. The fourth-order valence-electron chi connectivity index (χ4n) is 2.99. The lowest BCUT2D eigenvalue weighted by Crippen LogP contribution is -2.06. The molecule has 1 aromatic heterocycles. The molecule has 4 rings (SSSR count). The van der Waals surface area contributed by atoms with Crippen molar-refractivity contribution in [3.05, 3.63) is 71.6 Å². The third-order valence-electron chi connectivity index (χ3n) is 4.27. The number of benzene rings is 3. The minimum Gasteiger partial charge on any atom is -0.505 e. The molecule has 28 heavy (non-hydrogen) atoms. The Morgan fingerprint density at radius 2 is 1.93 bits per heavy atom. The molecule has 0 saturated carbocycles. The number of hydrogen-bond acceptors (Lipinski definition) is 3. The fourth-order valence-corrected chi connectivity index (χ4v) is 3.28. The monoisotopic (exact) mass is 397 g/mol. The highest BCUT2D eigenvalue weighted by Crippen LogP contribution is 2.33. The van der Waals surface area contributed by atoms with Gasteiger partial charge in [-0.3, -0.25) is 5.32 Å². The van der Waals surface area contributed by atoms with Crippen molar-refractivity contribution in [2.24, 2.45) is 0 Å². The molecule has 0 aliphatic rings. The molecular weight excluding hydrogens is 385 g/mol. The van der Waals surface area contributed by atoms with Crippen molar-refractivity contribution in [2.45, 2.75) is 0 Å². The zero-order chi connectivity index (χ0) is 19.8. The van der Waals surface area contributed by atoms with E-state index in [2.05, 4.69) is 10.4 Å². The summed E-state index contributed by atoms with van der Waals surface area (Å²) in [6, 6.07) is 14.5. The molecule has 0 bridgehead atoms. The van der Waals surface area contributed by atoms with Crippen LogP contribution in [0.3, 0.4) is 0 Å². The van der Waals surface area contributed by atoms with E-state index in [1.807, 2.05) is 18.2 Å². The number of phenols is 1. The van der Waals surface area contributed by atoms with Crippen LogP contribution in [0.15, 0.2) is 60.8 Å². The number of halogens is 2. The Morgan fingerprint density at radius 3 is 2.64 bits per heavy atom. The minimum atomic E-state index is -1.16. The van der Waals surface area contributed by atoms with E-state index in [0.717, 1.165) is 22.0 Å². The number of amides is 1. The Bertz CT molecular complexity index is 1220. The minimum absolute atomic E-state index is 0.381. The molecule has 3 aromatic carbocycles. The smallest absolute Gasteiger partial charge is 0.409 e. The summed E-state index contributed by atoms with van der Waals surface area (Å²) in [4.78, 5) is 10.7. The maximum atomic E-state index is 13.3. The number of carbonyl (C=O) groups is 1. The first-order valence-electron chi connectivity index (χ1n) is 8.19. The van der Waals surface area contributed by atoms with Crippen LogP contribution in [-0.2, 0) is 0 Å². The summed E-state index contributed by atoms with van der Waals surface area (Å²) in [5.74, 6) is -1.14. The largest absolute Gasteiger partial charge is 0.505 e. The van der Waals surface area contributed by atoms with Gasteiger partial charge in [0.05, 0.1) is 22.4 Å². The summed E-state index contributed by atoms with van der Waals surface area (Å²) in [7, 11) is 0. The van der Waals surface area contributed by atoms with Crippen LogP contribution < -0.4 is 5.32 Å². The van der Waals surface area contributed by atoms with E-state index >= 15 is 0 Å². The number of carboxylic acid groups (broad SMARTS) is 1. The number of aromatic hydroxyl groups is 1. The lowest BCUT2D eigenvalue weighted by atomic mass is 10.0. The average molecular weight is 398 g/mol. The van der Waals surface area contributed by atoms with Crippen molar-refractivity contribution >= 4 is 34.3 Å². The Morgan fingerprint density at radius 1 is 1.11 bits per heavy atom. The Hall–Kier alpha value is -3.58. The van der Waals surface area contributed by atoms with Crippen LogP contribution in [0.1, 0.15) is 0 Å². The lowest BCUT2D eigenvalue weighted by molar-refractivity contribution is 0.210. The number of anilines is 1. The normalized spacial score (nSPS) is 10.9. The van der Waals surface area contributed by atoms with Crippen molar-refractivity contribution in [1.82, 2.24) is 9.78 Å². The molecule has 0 fully saturated rings. The number of nitrogens with one attached hydrogen (secondary N) is 1. The summed E-state index contributed by atoms with van der Waals surface area (Å²) in [5.41, 5.74) is 3.26. The average Bonchev–Trinajstić information content (AvgIpc) is 3.07. The van der Waals surface area contributed by atoms with Gasteiger partial charge in [-0.2, -0.15) is 5.10 Å². The van der Waals surface area contributed by atoms with E-state index in [1.54, 1.807) is 29.1 Å². The van der Waals surface area contributed by atoms with Gasteiger partial charge in [-0.25, -0.2) is 13.9 Å². The topological polar surface area (TPSA) is 87.4 Å². The summed E-state index contributed by atoms with van der Waals surface area (Å²) < 4.78 is 14.9. The van der Waals surface area contributed by atoms with Crippen molar-refractivity contribution < 1.29 is 19.4 Å². The molecule has 4 aromatic rings. The molecule has 0 unspecified atom stereocenters. The van der Waals surface area contributed by atoms with Crippen LogP contribution >= 0.6 is 11.6 Å². The molecule has 0 saturated heterocycles. The number of nitrogens with zero attached hydrogens (tertiary/aromatic N) is 2. The molecule has 0 aliphatic heterocycles. The number of aromatic nitrogens is 2. The Balaban J connectivity index is 1.73.